The first kappa shape index (κ1) is 40.2. The number of fused-ring (bicyclic) bond motifs is 2. The van der Waals surface area contributed by atoms with Crippen molar-refractivity contribution in [3.8, 4) is 22.3 Å². The number of aryl methyl sites for hydroxylation is 4. The van der Waals surface area contributed by atoms with Crippen LogP contribution < -0.4 is 0 Å². The van der Waals surface area contributed by atoms with Crippen molar-refractivity contribution in [3.63, 3.8) is 0 Å². The van der Waals surface area contributed by atoms with Crippen LogP contribution in [0.5, 0.6) is 0 Å². The van der Waals surface area contributed by atoms with Crippen LogP contribution in [0, 0.1) is 39.5 Å². The van der Waals surface area contributed by atoms with Gasteiger partial charge in [-0.2, -0.15) is 12.1 Å². The van der Waals surface area contributed by atoms with Crippen LogP contribution in [0.2, 0.25) is 13.1 Å². The summed E-state index contributed by atoms with van der Waals surface area (Å²) in [4.78, 5) is 0. The zero-order chi connectivity index (χ0) is 35.4. The van der Waals surface area contributed by atoms with E-state index >= 15 is 0 Å². The molecular weight excluding hydrogens is 719 g/mol. The summed E-state index contributed by atoms with van der Waals surface area (Å²) >= 11 is -0.826. The van der Waals surface area contributed by atoms with Gasteiger partial charge in [0.2, 0.25) is 0 Å². The van der Waals surface area contributed by atoms with Crippen molar-refractivity contribution in [2.75, 3.05) is 0 Å². The fraction of sp³-hybridized carbons (Fsp3) is 0.318. The minimum absolute atomic E-state index is 0.699. The third-order valence-electron chi connectivity index (χ3n) is 8.43. The van der Waals surface area contributed by atoms with Crippen molar-refractivity contribution in [2.24, 2.45) is 11.8 Å². The first-order valence-electron chi connectivity index (χ1n) is 17.0. The van der Waals surface area contributed by atoms with Gasteiger partial charge < -0.3 is 0 Å². The van der Waals surface area contributed by atoms with E-state index in [4.69, 9.17) is 17.0 Å². The molecule has 2 radical (unpaired) electrons. The molecule has 250 valence electrons. The average molecular weight is 771 g/mol. The van der Waals surface area contributed by atoms with Gasteiger partial charge in [0.05, 0.1) is 0 Å². The maximum absolute atomic E-state index is 4.93. The summed E-state index contributed by atoms with van der Waals surface area (Å²) in [5, 5.41) is 5.55. The Labute approximate surface area is 312 Å². The van der Waals surface area contributed by atoms with Gasteiger partial charge in [-0.25, -0.2) is 0 Å². The predicted molar refractivity (Wildman–Crippen MR) is 215 cm³/mol. The van der Waals surface area contributed by atoms with Gasteiger partial charge in [-0.1, -0.05) is 112 Å². The van der Waals surface area contributed by atoms with Crippen LogP contribution in [0.4, 0.5) is 0 Å². The molecule has 0 bridgehead atoms. The van der Waals surface area contributed by atoms with E-state index in [1.807, 2.05) is 0 Å². The topological polar surface area (TPSA) is 0 Å². The Morgan fingerprint density at radius 3 is 1.21 bits per heavy atom. The van der Waals surface area contributed by atoms with Gasteiger partial charge in [-0.05, 0) is 74.6 Å². The van der Waals surface area contributed by atoms with Crippen molar-refractivity contribution in [2.45, 2.75) is 81.3 Å². The summed E-state index contributed by atoms with van der Waals surface area (Å²) in [6.07, 6.45) is 2.31. The zero-order valence-electron chi connectivity index (χ0n) is 30.6. The predicted octanol–water partition coefficient (Wildman–Crippen LogP) is 14.2. The summed E-state index contributed by atoms with van der Waals surface area (Å²) < 4.78 is 0. The normalized spacial score (nSPS) is 10.6. The summed E-state index contributed by atoms with van der Waals surface area (Å²) in [5.74, 6) is 1.40. The van der Waals surface area contributed by atoms with Crippen molar-refractivity contribution in [1.29, 1.82) is 0 Å². The summed E-state index contributed by atoms with van der Waals surface area (Å²) in [5.41, 5.74) is 13.9. The van der Waals surface area contributed by atoms with Crippen LogP contribution in [0.25, 0.3) is 43.8 Å². The van der Waals surface area contributed by atoms with Gasteiger partial charge in [-0.3, -0.25) is 0 Å². The van der Waals surface area contributed by atoms with Gasteiger partial charge in [0.1, 0.15) is 0 Å². The van der Waals surface area contributed by atoms with Gasteiger partial charge in [0.25, 0.3) is 0 Å². The van der Waals surface area contributed by atoms with E-state index in [2.05, 4.69) is 166 Å². The van der Waals surface area contributed by atoms with E-state index < -0.39 is 20.8 Å². The zero-order valence-corrected chi connectivity index (χ0v) is 35.5. The number of benzene rings is 4. The molecule has 6 rings (SSSR count). The molecule has 0 N–H and O–H groups in total. The number of rotatable bonds is 6. The molecule has 4 heteroatoms. The quantitative estimate of drug-likeness (QED) is 0.117. The molecule has 0 aromatic heterocycles. The second kappa shape index (κ2) is 19.8. The SMILES string of the molecule is C[Si]C.Cc1ccccc1-c1c(C)ccc2[cH-]c(CC(C)C)cc12.Cc1ccccc1-c1c(C)ccc2[cH-]c(CC(C)C)cc12.[Cl][Zr+2][Cl]. The van der Waals surface area contributed by atoms with E-state index in [1.54, 1.807) is 0 Å². The monoisotopic (exact) mass is 768 g/mol. The Morgan fingerprint density at radius 2 is 0.896 bits per heavy atom. The summed E-state index contributed by atoms with van der Waals surface area (Å²) in [7, 11) is 11.0. The molecule has 0 fully saturated rings. The van der Waals surface area contributed by atoms with Crippen LogP contribution >= 0.6 is 17.0 Å². The van der Waals surface area contributed by atoms with Crippen molar-refractivity contribution >= 4 is 48.1 Å². The average Bonchev–Trinajstić information content (AvgIpc) is 3.62. The first-order valence-corrected chi connectivity index (χ1v) is 25.3. The van der Waals surface area contributed by atoms with Crippen LogP contribution in [0.1, 0.15) is 61.1 Å². The van der Waals surface area contributed by atoms with Gasteiger partial charge in [-0.15, -0.1) is 69.1 Å². The Morgan fingerprint density at radius 1 is 0.562 bits per heavy atom. The van der Waals surface area contributed by atoms with Gasteiger partial charge >= 0.3 is 37.9 Å². The molecule has 0 amide bonds. The van der Waals surface area contributed by atoms with E-state index in [0.717, 1.165) is 22.4 Å². The standard InChI is InChI=1S/2C21H23.C2H6Si.2ClH.Zr/c2*1-14(2)11-17-12-18-10-9-16(4)21(20(18)13-17)19-8-6-5-7-15(19)3;1-3-2;;;/h2*5-10,12-14H,11H2,1-4H3;1-2H3;2*1H;/q2*-1;;;;+4/p-2. The van der Waals surface area contributed by atoms with Crippen LogP contribution in [0.15, 0.2) is 97.1 Å². The molecule has 0 aliphatic rings. The number of hydrogen-bond acceptors (Lipinski definition) is 0. The fourth-order valence-electron chi connectivity index (χ4n) is 6.51. The number of halogens is 2. The Hall–Kier alpha value is -2.22. The van der Waals surface area contributed by atoms with Crippen molar-refractivity contribution in [1.82, 2.24) is 0 Å². The Bertz CT molecular complexity index is 1740. The third-order valence-corrected chi connectivity index (χ3v) is 8.43. The molecule has 48 heavy (non-hydrogen) atoms. The van der Waals surface area contributed by atoms with E-state index in [0.29, 0.717) is 11.8 Å². The van der Waals surface area contributed by atoms with E-state index in [9.17, 15) is 0 Å². The molecule has 0 aliphatic heterocycles. The molecule has 0 spiro atoms. The molecular formula is C44H52Cl2SiZr. The van der Waals surface area contributed by atoms with Crippen molar-refractivity contribution < 1.29 is 20.8 Å². The second-order valence-electron chi connectivity index (χ2n) is 13.6. The second-order valence-corrected chi connectivity index (χ2v) is 18.4. The van der Waals surface area contributed by atoms with Gasteiger partial charge in [0.15, 0.2) is 0 Å². The molecule has 0 aliphatic carbocycles. The Kier molecular flexibility index (Phi) is 16.6. The Balaban J connectivity index is 0.000000224. The molecule has 6 aromatic rings. The fourth-order valence-corrected chi connectivity index (χ4v) is 6.51. The van der Waals surface area contributed by atoms with Crippen LogP contribution in [-0.2, 0) is 33.7 Å². The van der Waals surface area contributed by atoms with E-state index in [1.165, 1.54) is 77.2 Å². The van der Waals surface area contributed by atoms with Crippen LogP contribution in [0.3, 0.4) is 0 Å². The molecule has 0 atom stereocenters. The summed E-state index contributed by atoms with van der Waals surface area (Å²) in [6, 6.07) is 35.9. The minimum atomic E-state index is -0.826. The number of hydrogen-bond donors (Lipinski definition) is 0. The molecule has 6 aromatic carbocycles. The van der Waals surface area contributed by atoms with Crippen LogP contribution in [-0.4, -0.2) is 9.52 Å². The first-order chi connectivity index (χ1) is 22.9. The molecule has 0 unspecified atom stereocenters. The maximum atomic E-state index is 4.93. The molecule has 0 saturated heterocycles. The third kappa shape index (κ3) is 10.9. The molecule has 0 saturated carbocycles. The van der Waals surface area contributed by atoms with E-state index in [-0.39, 0.29) is 0 Å². The van der Waals surface area contributed by atoms with Crippen molar-refractivity contribution in [3.05, 3.63) is 130 Å². The summed E-state index contributed by atoms with van der Waals surface area (Å²) in [6.45, 7) is 22.3. The van der Waals surface area contributed by atoms with Gasteiger partial charge in [0, 0.05) is 9.52 Å². The molecule has 0 nitrogen and oxygen atoms in total. The molecule has 0 heterocycles.